The van der Waals surface area contributed by atoms with Crippen LogP contribution in [-0.4, -0.2) is 6.61 Å². The largest absolute Gasteiger partial charge is 0.492 e. The van der Waals surface area contributed by atoms with E-state index < -0.39 is 0 Å². The van der Waals surface area contributed by atoms with E-state index in [1.165, 1.54) is 12.8 Å². The van der Waals surface area contributed by atoms with Crippen LogP contribution in [0.25, 0.3) is 0 Å². The van der Waals surface area contributed by atoms with Gasteiger partial charge in [-0.2, -0.15) is 0 Å². The Bertz CT molecular complexity index is 347. The lowest BCUT2D eigenvalue weighted by molar-refractivity contribution is 0.297. The van der Waals surface area contributed by atoms with E-state index in [2.05, 4.69) is 15.9 Å². The molecule has 2 rings (SSSR count). The van der Waals surface area contributed by atoms with Crippen LogP contribution in [0.1, 0.15) is 31.4 Å². The first kappa shape index (κ1) is 11.0. The topological polar surface area (TPSA) is 35.2 Å². The molecule has 3 heteroatoms. The molecule has 1 fully saturated rings. The molecule has 1 aromatic rings. The fourth-order valence-corrected chi connectivity index (χ4v) is 2.22. The van der Waals surface area contributed by atoms with Gasteiger partial charge in [-0.05, 0) is 53.2 Å². The molecule has 0 spiro atoms. The standard InChI is InChI=1S/C12H16BrNO/c1-8(14)10-3-2-4-11(12(10)13)15-7-9-5-6-9/h2-4,8-9H,5-7,14H2,1H3. The highest BCUT2D eigenvalue weighted by Crippen LogP contribution is 2.34. The quantitative estimate of drug-likeness (QED) is 0.911. The zero-order valence-corrected chi connectivity index (χ0v) is 10.5. The van der Waals surface area contributed by atoms with Crippen LogP contribution in [0.2, 0.25) is 0 Å². The van der Waals surface area contributed by atoms with Gasteiger partial charge in [0.25, 0.3) is 0 Å². The summed E-state index contributed by atoms with van der Waals surface area (Å²) in [4.78, 5) is 0. The van der Waals surface area contributed by atoms with Crippen LogP contribution < -0.4 is 10.5 Å². The molecule has 0 saturated heterocycles. The molecule has 0 aliphatic heterocycles. The summed E-state index contributed by atoms with van der Waals surface area (Å²) in [5, 5.41) is 0. The van der Waals surface area contributed by atoms with Crippen LogP contribution in [-0.2, 0) is 0 Å². The first-order chi connectivity index (χ1) is 7.18. The molecule has 2 nitrogen and oxygen atoms in total. The smallest absolute Gasteiger partial charge is 0.133 e. The molecule has 0 amide bonds. The van der Waals surface area contributed by atoms with Gasteiger partial charge in [-0.25, -0.2) is 0 Å². The third-order valence-electron chi connectivity index (χ3n) is 2.66. The predicted molar refractivity (Wildman–Crippen MR) is 65.0 cm³/mol. The highest BCUT2D eigenvalue weighted by atomic mass is 79.9. The van der Waals surface area contributed by atoms with Gasteiger partial charge in [0.1, 0.15) is 5.75 Å². The average Bonchev–Trinajstić information content (AvgIpc) is 2.99. The minimum absolute atomic E-state index is 0.0313. The van der Waals surface area contributed by atoms with Crippen LogP contribution in [0.15, 0.2) is 22.7 Å². The van der Waals surface area contributed by atoms with E-state index in [-0.39, 0.29) is 6.04 Å². The number of benzene rings is 1. The number of hydrogen-bond acceptors (Lipinski definition) is 2. The van der Waals surface area contributed by atoms with Crippen molar-refractivity contribution in [2.24, 2.45) is 11.7 Å². The monoisotopic (exact) mass is 269 g/mol. The average molecular weight is 270 g/mol. The second-order valence-corrected chi connectivity index (χ2v) is 5.00. The molecule has 1 aromatic carbocycles. The number of nitrogens with two attached hydrogens (primary N) is 1. The van der Waals surface area contributed by atoms with Crippen LogP contribution in [0.4, 0.5) is 0 Å². The van der Waals surface area contributed by atoms with Crippen LogP contribution >= 0.6 is 15.9 Å². The van der Waals surface area contributed by atoms with Gasteiger partial charge in [-0.3, -0.25) is 0 Å². The first-order valence-corrected chi connectivity index (χ1v) is 6.14. The predicted octanol–water partition coefficient (Wildman–Crippen LogP) is 3.26. The van der Waals surface area contributed by atoms with Gasteiger partial charge in [-0.1, -0.05) is 12.1 Å². The van der Waals surface area contributed by atoms with Crippen molar-refractivity contribution in [3.8, 4) is 5.75 Å². The summed E-state index contributed by atoms with van der Waals surface area (Å²) < 4.78 is 6.75. The normalized spacial score (nSPS) is 17.5. The Morgan fingerprint density at radius 1 is 1.53 bits per heavy atom. The Kier molecular flexibility index (Phi) is 3.32. The van der Waals surface area contributed by atoms with Crippen molar-refractivity contribution >= 4 is 15.9 Å². The minimum atomic E-state index is 0.0313. The maximum atomic E-state index is 5.87. The number of halogens is 1. The Morgan fingerprint density at radius 3 is 2.87 bits per heavy atom. The molecular formula is C12H16BrNO. The maximum absolute atomic E-state index is 5.87. The Balaban J connectivity index is 2.11. The second-order valence-electron chi connectivity index (χ2n) is 4.20. The fraction of sp³-hybridized carbons (Fsp3) is 0.500. The highest BCUT2D eigenvalue weighted by Gasteiger charge is 2.22. The van der Waals surface area contributed by atoms with Gasteiger partial charge in [-0.15, -0.1) is 0 Å². The van der Waals surface area contributed by atoms with Crippen LogP contribution in [0.3, 0.4) is 0 Å². The summed E-state index contributed by atoms with van der Waals surface area (Å²) >= 11 is 3.55. The lowest BCUT2D eigenvalue weighted by Gasteiger charge is -2.13. The Labute approximate surface area is 98.9 Å². The number of hydrogen-bond donors (Lipinski definition) is 1. The van der Waals surface area contributed by atoms with Gasteiger partial charge in [0, 0.05) is 6.04 Å². The molecule has 0 radical (unpaired) electrons. The highest BCUT2D eigenvalue weighted by molar-refractivity contribution is 9.10. The van der Waals surface area contributed by atoms with E-state index in [1.54, 1.807) is 0 Å². The second kappa shape index (κ2) is 4.54. The third-order valence-corrected chi connectivity index (χ3v) is 3.50. The Morgan fingerprint density at radius 2 is 2.27 bits per heavy atom. The fourth-order valence-electron chi connectivity index (χ4n) is 1.48. The van der Waals surface area contributed by atoms with Crippen molar-refractivity contribution in [1.82, 2.24) is 0 Å². The molecule has 2 N–H and O–H groups in total. The summed E-state index contributed by atoms with van der Waals surface area (Å²) in [6.07, 6.45) is 2.62. The van der Waals surface area contributed by atoms with E-state index in [1.807, 2.05) is 25.1 Å². The molecule has 0 bridgehead atoms. The summed E-state index contributed by atoms with van der Waals surface area (Å²) in [6.45, 7) is 2.81. The lowest BCUT2D eigenvalue weighted by Crippen LogP contribution is -2.07. The third kappa shape index (κ3) is 2.73. The van der Waals surface area contributed by atoms with Crippen molar-refractivity contribution in [2.75, 3.05) is 6.61 Å². The summed E-state index contributed by atoms with van der Waals surface area (Å²) in [5.41, 5.74) is 6.97. The van der Waals surface area contributed by atoms with E-state index in [0.717, 1.165) is 28.3 Å². The molecule has 1 aliphatic carbocycles. The van der Waals surface area contributed by atoms with Crippen molar-refractivity contribution in [3.05, 3.63) is 28.2 Å². The van der Waals surface area contributed by atoms with E-state index in [0.29, 0.717) is 0 Å². The molecule has 1 aliphatic rings. The van der Waals surface area contributed by atoms with E-state index in [9.17, 15) is 0 Å². The molecule has 0 aromatic heterocycles. The molecular weight excluding hydrogens is 254 g/mol. The van der Waals surface area contributed by atoms with Gasteiger partial charge < -0.3 is 10.5 Å². The van der Waals surface area contributed by atoms with Crippen molar-refractivity contribution in [1.29, 1.82) is 0 Å². The van der Waals surface area contributed by atoms with Gasteiger partial charge in [0.05, 0.1) is 11.1 Å². The molecule has 82 valence electrons. The van der Waals surface area contributed by atoms with Crippen LogP contribution in [0.5, 0.6) is 5.75 Å². The van der Waals surface area contributed by atoms with Crippen molar-refractivity contribution in [3.63, 3.8) is 0 Å². The van der Waals surface area contributed by atoms with Crippen molar-refractivity contribution in [2.45, 2.75) is 25.8 Å². The van der Waals surface area contributed by atoms with Crippen LogP contribution in [0, 0.1) is 5.92 Å². The van der Waals surface area contributed by atoms with Gasteiger partial charge >= 0.3 is 0 Å². The molecule has 1 unspecified atom stereocenters. The minimum Gasteiger partial charge on any atom is -0.492 e. The SMILES string of the molecule is CC(N)c1cccc(OCC2CC2)c1Br. The molecule has 1 atom stereocenters. The van der Waals surface area contributed by atoms with E-state index in [4.69, 9.17) is 10.5 Å². The summed E-state index contributed by atoms with van der Waals surface area (Å²) in [5.74, 6) is 1.69. The van der Waals surface area contributed by atoms with Gasteiger partial charge in [0.2, 0.25) is 0 Å². The summed E-state index contributed by atoms with van der Waals surface area (Å²) in [7, 11) is 0. The first-order valence-electron chi connectivity index (χ1n) is 5.35. The van der Waals surface area contributed by atoms with Crippen molar-refractivity contribution < 1.29 is 4.74 Å². The number of ether oxygens (including phenoxy) is 1. The Hall–Kier alpha value is -0.540. The zero-order valence-electron chi connectivity index (χ0n) is 8.87. The summed E-state index contributed by atoms with van der Waals surface area (Å²) in [6, 6.07) is 6.03. The maximum Gasteiger partial charge on any atom is 0.133 e. The molecule has 0 heterocycles. The van der Waals surface area contributed by atoms with E-state index >= 15 is 0 Å². The lowest BCUT2D eigenvalue weighted by atomic mass is 10.1. The molecule has 15 heavy (non-hydrogen) atoms. The zero-order chi connectivity index (χ0) is 10.8. The van der Waals surface area contributed by atoms with Gasteiger partial charge in [0.15, 0.2) is 0 Å². The number of rotatable bonds is 4. The molecule has 1 saturated carbocycles.